The number of carbonyl (C=O) groups is 1. The molecule has 0 aliphatic rings. The van der Waals surface area contributed by atoms with Crippen LogP contribution in [0.3, 0.4) is 0 Å². The number of fused-ring (bicyclic) bond motifs is 1. The van der Waals surface area contributed by atoms with Crippen LogP contribution in [0.25, 0.3) is 11.0 Å². The zero-order valence-electron chi connectivity index (χ0n) is 11.8. The highest BCUT2D eigenvalue weighted by atomic mass is 16.3. The summed E-state index contributed by atoms with van der Waals surface area (Å²) >= 11 is 0. The molecule has 0 aliphatic carbocycles. The maximum absolute atomic E-state index is 12.2. The van der Waals surface area contributed by atoms with Gasteiger partial charge in [0.2, 0.25) is 0 Å². The molecule has 2 aromatic heterocycles. The zero-order chi connectivity index (χ0) is 14.8. The van der Waals surface area contributed by atoms with Crippen LogP contribution in [0.5, 0.6) is 0 Å². The maximum atomic E-state index is 12.2. The van der Waals surface area contributed by atoms with Gasteiger partial charge in [0, 0.05) is 0 Å². The van der Waals surface area contributed by atoms with Crippen LogP contribution < -0.4 is 5.32 Å². The van der Waals surface area contributed by atoms with E-state index in [1.165, 1.54) is 6.20 Å². The number of aryl methyl sites for hydroxylation is 1. The fourth-order valence-electron chi connectivity index (χ4n) is 2.09. The van der Waals surface area contributed by atoms with Gasteiger partial charge < -0.3 is 9.73 Å². The van der Waals surface area contributed by atoms with Crippen molar-refractivity contribution in [3.8, 4) is 0 Å². The highest BCUT2D eigenvalue weighted by Crippen LogP contribution is 2.16. The van der Waals surface area contributed by atoms with Gasteiger partial charge in [0.25, 0.3) is 5.91 Å². The summed E-state index contributed by atoms with van der Waals surface area (Å²) in [6, 6.07) is 10.9. The quantitative estimate of drug-likeness (QED) is 0.801. The lowest BCUT2D eigenvalue weighted by atomic mass is 10.2. The zero-order valence-corrected chi connectivity index (χ0v) is 11.8. The van der Waals surface area contributed by atoms with Crippen LogP contribution in [0.15, 0.2) is 47.0 Å². The second kappa shape index (κ2) is 5.36. The molecule has 2 heterocycles. The molecular formula is C16H15N3O2. The molecule has 3 rings (SSSR count). The molecule has 0 fully saturated rings. The summed E-state index contributed by atoms with van der Waals surface area (Å²) in [5, 5.41) is 2.86. The number of hydrogen-bond donors (Lipinski definition) is 1. The van der Waals surface area contributed by atoms with Crippen LogP contribution in [0.2, 0.25) is 0 Å². The third-order valence-corrected chi connectivity index (χ3v) is 3.22. The molecule has 1 N–H and O–H groups in total. The van der Waals surface area contributed by atoms with Crippen molar-refractivity contribution in [3.05, 3.63) is 59.8 Å². The average Bonchev–Trinajstić information content (AvgIpc) is 2.93. The van der Waals surface area contributed by atoms with Crippen LogP contribution >= 0.6 is 0 Å². The van der Waals surface area contributed by atoms with E-state index >= 15 is 0 Å². The molecule has 1 atom stereocenters. The molecule has 0 aliphatic heterocycles. The van der Waals surface area contributed by atoms with Gasteiger partial charge in [-0.05, 0) is 38.1 Å². The van der Waals surface area contributed by atoms with E-state index in [1.807, 2.05) is 50.2 Å². The first-order chi connectivity index (χ1) is 10.1. The Hall–Kier alpha value is -2.69. The summed E-state index contributed by atoms with van der Waals surface area (Å²) in [6.07, 6.45) is 1.48. The summed E-state index contributed by atoms with van der Waals surface area (Å²) in [6.45, 7) is 3.73. The van der Waals surface area contributed by atoms with Crippen LogP contribution in [-0.2, 0) is 0 Å². The Morgan fingerprint density at radius 1 is 1.19 bits per heavy atom. The largest absolute Gasteiger partial charge is 0.464 e. The van der Waals surface area contributed by atoms with Crippen molar-refractivity contribution in [2.45, 2.75) is 19.9 Å². The van der Waals surface area contributed by atoms with Crippen molar-refractivity contribution in [2.24, 2.45) is 0 Å². The Labute approximate surface area is 122 Å². The van der Waals surface area contributed by atoms with E-state index in [0.29, 0.717) is 11.2 Å². The molecule has 3 aromatic rings. The first-order valence-corrected chi connectivity index (χ1v) is 6.72. The van der Waals surface area contributed by atoms with Gasteiger partial charge in [-0.3, -0.25) is 9.78 Å². The van der Waals surface area contributed by atoms with Crippen molar-refractivity contribution in [2.75, 3.05) is 0 Å². The molecule has 106 valence electrons. The number of furan rings is 1. The number of amides is 1. The van der Waals surface area contributed by atoms with Gasteiger partial charge in [-0.2, -0.15) is 0 Å². The van der Waals surface area contributed by atoms with E-state index in [9.17, 15) is 4.79 Å². The molecular weight excluding hydrogens is 266 g/mol. The third kappa shape index (κ3) is 2.76. The van der Waals surface area contributed by atoms with Crippen molar-refractivity contribution in [3.63, 3.8) is 0 Å². The Balaban J connectivity index is 1.80. The Morgan fingerprint density at radius 3 is 2.67 bits per heavy atom. The van der Waals surface area contributed by atoms with Gasteiger partial charge >= 0.3 is 0 Å². The predicted octanol–water partition coefficient (Wildman–Crippen LogP) is 3.02. The summed E-state index contributed by atoms with van der Waals surface area (Å²) in [5.41, 5.74) is 1.76. The lowest BCUT2D eigenvalue weighted by Gasteiger charge is -2.11. The highest BCUT2D eigenvalue weighted by Gasteiger charge is 2.15. The minimum atomic E-state index is -0.269. The SMILES string of the molecule is Cc1ccc(C(C)NC(=O)c2cnc3ccccc3n2)o1. The molecule has 1 amide bonds. The number of carbonyl (C=O) groups excluding carboxylic acids is 1. The summed E-state index contributed by atoms with van der Waals surface area (Å²) in [5.74, 6) is 1.26. The fraction of sp³-hybridized carbons (Fsp3) is 0.188. The van der Waals surface area contributed by atoms with E-state index in [1.54, 1.807) is 0 Å². The number of rotatable bonds is 3. The molecule has 0 bridgehead atoms. The number of nitrogens with one attached hydrogen (secondary N) is 1. The minimum Gasteiger partial charge on any atom is -0.464 e. The fourth-order valence-corrected chi connectivity index (χ4v) is 2.09. The number of hydrogen-bond acceptors (Lipinski definition) is 4. The van der Waals surface area contributed by atoms with E-state index in [2.05, 4.69) is 15.3 Å². The molecule has 5 heteroatoms. The average molecular weight is 281 g/mol. The van der Waals surface area contributed by atoms with E-state index in [-0.39, 0.29) is 11.9 Å². The Bertz CT molecular complexity index is 795. The Morgan fingerprint density at radius 2 is 1.95 bits per heavy atom. The van der Waals surface area contributed by atoms with Gasteiger partial charge in [0.15, 0.2) is 0 Å². The van der Waals surface area contributed by atoms with Crippen molar-refractivity contribution < 1.29 is 9.21 Å². The second-order valence-corrected chi connectivity index (χ2v) is 4.89. The first-order valence-electron chi connectivity index (χ1n) is 6.72. The summed E-state index contributed by atoms with van der Waals surface area (Å²) < 4.78 is 5.50. The topological polar surface area (TPSA) is 68.0 Å². The number of aromatic nitrogens is 2. The van der Waals surface area contributed by atoms with Crippen LogP contribution in [0.1, 0.15) is 35.0 Å². The third-order valence-electron chi connectivity index (χ3n) is 3.22. The maximum Gasteiger partial charge on any atom is 0.272 e. The monoisotopic (exact) mass is 281 g/mol. The van der Waals surface area contributed by atoms with Gasteiger partial charge in [-0.15, -0.1) is 0 Å². The van der Waals surface area contributed by atoms with Crippen molar-refractivity contribution in [1.82, 2.24) is 15.3 Å². The molecule has 0 saturated carbocycles. The molecule has 21 heavy (non-hydrogen) atoms. The second-order valence-electron chi connectivity index (χ2n) is 4.89. The first kappa shape index (κ1) is 13.3. The van der Waals surface area contributed by atoms with Gasteiger partial charge in [-0.1, -0.05) is 12.1 Å². The lowest BCUT2D eigenvalue weighted by Crippen LogP contribution is -2.27. The molecule has 1 aromatic carbocycles. The van der Waals surface area contributed by atoms with Gasteiger partial charge in [0.1, 0.15) is 17.2 Å². The van der Waals surface area contributed by atoms with Crippen molar-refractivity contribution in [1.29, 1.82) is 0 Å². The van der Waals surface area contributed by atoms with Crippen LogP contribution in [0, 0.1) is 6.92 Å². The molecule has 0 saturated heterocycles. The minimum absolute atomic E-state index is 0.223. The molecule has 0 spiro atoms. The Kier molecular flexibility index (Phi) is 3.39. The number of para-hydroxylation sites is 2. The lowest BCUT2D eigenvalue weighted by molar-refractivity contribution is 0.0930. The van der Waals surface area contributed by atoms with Gasteiger partial charge in [0.05, 0.1) is 23.3 Å². The highest BCUT2D eigenvalue weighted by molar-refractivity contribution is 5.93. The normalized spacial score (nSPS) is 12.3. The van der Waals surface area contributed by atoms with Crippen LogP contribution in [0.4, 0.5) is 0 Å². The van der Waals surface area contributed by atoms with Crippen LogP contribution in [-0.4, -0.2) is 15.9 Å². The van der Waals surface area contributed by atoms with E-state index < -0.39 is 0 Å². The smallest absolute Gasteiger partial charge is 0.272 e. The standard InChI is InChI=1S/C16H15N3O2/c1-10-7-8-15(21-10)11(2)18-16(20)14-9-17-12-5-3-4-6-13(12)19-14/h3-9,11H,1-2H3,(H,18,20). The molecule has 0 radical (unpaired) electrons. The molecule has 5 nitrogen and oxygen atoms in total. The summed E-state index contributed by atoms with van der Waals surface area (Å²) in [7, 11) is 0. The van der Waals surface area contributed by atoms with E-state index in [4.69, 9.17) is 4.42 Å². The predicted molar refractivity (Wildman–Crippen MR) is 78.9 cm³/mol. The van der Waals surface area contributed by atoms with Crippen molar-refractivity contribution >= 4 is 16.9 Å². The molecule has 1 unspecified atom stereocenters. The van der Waals surface area contributed by atoms with Gasteiger partial charge in [-0.25, -0.2) is 4.98 Å². The van der Waals surface area contributed by atoms with E-state index in [0.717, 1.165) is 17.0 Å². The number of nitrogens with zero attached hydrogens (tertiary/aromatic N) is 2. The summed E-state index contributed by atoms with van der Waals surface area (Å²) in [4.78, 5) is 20.8. The number of benzene rings is 1.